The number of aromatic nitrogens is 2. The van der Waals surface area contributed by atoms with Gasteiger partial charge in [-0.05, 0) is 36.4 Å². The predicted octanol–water partition coefficient (Wildman–Crippen LogP) is 6.51. The number of carbonyl (C=O) groups is 1. The summed E-state index contributed by atoms with van der Waals surface area (Å²) in [6.45, 7) is 0. The second-order valence-electron chi connectivity index (χ2n) is 6.00. The minimum atomic E-state index is -0.310. The van der Waals surface area contributed by atoms with Crippen molar-refractivity contribution < 1.29 is 4.79 Å². The van der Waals surface area contributed by atoms with Gasteiger partial charge in [0, 0.05) is 17.1 Å². The Morgan fingerprint density at radius 3 is 2.50 bits per heavy atom. The van der Waals surface area contributed by atoms with Crippen molar-refractivity contribution in [2.24, 2.45) is 0 Å². The van der Waals surface area contributed by atoms with E-state index in [2.05, 4.69) is 15.3 Å². The number of nitrogens with one attached hydrogen (secondary N) is 1. The van der Waals surface area contributed by atoms with Crippen molar-refractivity contribution in [3.63, 3.8) is 0 Å². The Bertz CT molecular complexity index is 1210. The number of para-hydroxylation sites is 1. The number of nitrogens with zero attached hydrogens (tertiary/aromatic N) is 2. The highest BCUT2D eigenvalue weighted by atomic mass is 35.5. The van der Waals surface area contributed by atoms with Gasteiger partial charge < -0.3 is 5.32 Å². The van der Waals surface area contributed by atoms with Crippen LogP contribution in [-0.4, -0.2) is 15.9 Å². The molecule has 0 saturated heterocycles. The van der Waals surface area contributed by atoms with Gasteiger partial charge in [0.1, 0.15) is 0 Å². The number of anilines is 1. The van der Waals surface area contributed by atoms with Crippen LogP contribution >= 0.6 is 34.8 Å². The average molecular weight is 429 g/mol. The van der Waals surface area contributed by atoms with Gasteiger partial charge >= 0.3 is 0 Å². The predicted molar refractivity (Wildman–Crippen MR) is 114 cm³/mol. The highest BCUT2D eigenvalue weighted by molar-refractivity contribution is 6.42. The molecule has 0 aliphatic carbocycles. The van der Waals surface area contributed by atoms with Crippen molar-refractivity contribution in [1.29, 1.82) is 0 Å². The minimum Gasteiger partial charge on any atom is -0.319 e. The summed E-state index contributed by atoms with van der Waals surface area (Å²) in [5, 5.41) is 4.63. The van der Waals surface area contributed by atoms with Crippen molar-refractivity contribution >= 4 is 57.3 Å². The largest absolute Gasteiger partial charge is 0.319 e. The molecule has 0 bridgehead atoms. The standard InChI is InChI=1S/C21H12Cl3N3O/c22-15-8-7-12(10-16(15)23)19-11-14(13-4-1-2-5-17(13)26-19)21(28)27-18-6-3-9-25-20(18)24/h1-11H,(H,27,28). The van der Waals surface area contributed by atoms with Gasteiger partial charge in [-0.2, -0.15) is 0 Å². The minimum absolute atomic E-state index is 0.221. The molecule has 0 radical (unpaired) electrons. The Balaban J connectivity index is 1.83. The fourth-order valence-corrected chi connectivity index (χ4v) is 3.30. The molecular weight excluding hydrogens is 417 g/mol. The second kappa shape index (κ2) is 7.76. The van der Waals surface area contributed by atoms with Gasteiger partial charge in [0.2, 0.25) is 0 Å². The van der Waals surface area contributed by atoms with Crippen LogP contribution < -0.4 is 5.32 Å². The third kappa shape index (κ3) is 3.67. The van der Waals surface area contributed by atoms with Crippen molar-refractivity contribution in [2.45, 2.75) is 0 Å². The van der Waals surface area contributed by atoms with Crippen LogP contribution in [0.5, 0.6) is 0 Å². The van der Waals surface area contributed by atoms with Crippen LogP contribution in [-0.2, 0) is 0 Å². The lowest BCUT2D eigenvalue weighted by molar-refractivity contribution is 0.102. The quantitative estimate of drug-likeness (QED) is 0.378. The van der Waals surface area contributed by atoms with E-state index in [4.69, 9.17) is 34.8 Å². The van der Waals surface area contributed by atoms with E-state index >= 15 is 0 Å². The molecule has 2 heterocycles. The zero-order chi connectivity index (χ0) is 19.7. The van der Waals surface area contributed by atoms with Gasteiger partial charge in [-0.1, -0.05) is 59.1 Å². The SMILES string of the molecule is O=C(Nc1cccnc1Cl)c1cc(-c2ccc(Cl)c(Cl)c2)nc2ccccc12. The molecule has 2 aromatic carbocycles. The molecule has 0 fully saturated rings. The van der Waals surface area contributed by atoms with Crippen molar-refractivity contribution in [3.05, 3.63) is 87.6 Å². The third-order valence-corrected chi connectivity index (χ3v) is 5.22. The average Bonchev–Trinajstić information content (AvgIpc) is 2.71. The molecule has 0 spiro atoms. The van der Waals surface area contributed by atoms with E-state index in [0.717, 1.165) is 10.9 Å². The van der Waals surface area contributed by atoms with Gasteiger partial charge in [-0.25, -0.2) is 9.97 Å². The summed E-state index contributed by atoms with van der Waals surface area (Å²) in [5.41, 5.74) is 2.96. The van der Waals surface area contributed by atoms with Crippen molar-refractivity contribution in [3.8, 4) is 11.3 Å². The molecule has 2 aromatic heterocycles. The van der Waals surface area contributed by atoms with Gasteiger partial charge in [-0.3, -0.25) is 4.79 Å². The Kier molecular flexibility index (Phi) is 5.18. The van der Waals surface area contributed by atoms with Crippen LogP contribution in [0.25, 0.3) is 22.2 Å². The Morgan fingerprint density at radius 1 is 0.893 bits per heavy atom. The van der Waals surface area contributed by atoms with E-state index in [0.29, 0.717) is 32.5 Å². The highest BCUT2D eigenvalue weighted by Gasteiger charge is 2.16. The lowest BCUT2D eigenvalue weighted by Gasteiger charge is -2.11. The number of hydrogen-bond acceptors (Lipinski definition) is 3. The fourth-order valence-electron chi connectivity index (χ4n) is 2.84. The number of hydrogen-bond donors (Lipinski definition) is 1. The smallest absolute Gasteiger partial charge is 0.256 e. The highest BCUT2D eigenvalue weighted by Crippen LogP contribution is 2.30. The number of amides is 1. The zero-order valence-electron chi connectivity index (χ0n) is 14.3. The van der Waals surface area contributed by atoms with E-state index in [9.17, 15) is 4.79 Å². The maximum Gasteiger partial charge on any atom is 0.256 e. The Hall–Kier alpha value is -2.66. The summed E-state index contributed by atoms with van der Waals surface area (Å²) in [6.07, 6.45) is 1.56. The number of rotatable bonds is 3. The number of fused-ring (bicyclic) bond motifs is 1. The number of halogens is 3. The molecule has 1 amide bonds. The summed E-state index contributed by atoms with van der Waals surface area (Å²) >= 11 is 18.2. The molecule has 7 heteroatoms. The van der Waals surface area contributed by atoms with Gasteiger partial charge in [0.05, 0.1) is 32.5 Å². The molecule has 4 rings (SSSR count). The number of benzene rings is 2. The van der Waals surface area contributed by atoms with E-state index < -0.39 is 0 Å². The molecule has 4 nitrogen and oxygen atoms in total. The van der Waals surface area contributed by atoms with E-state index in [1.54, 1.807) is 36.5 Å². The normalized spacial score (nSPS) is 10.8. The monoisotopic (exact) mass is 427 g/mol. The number of pyridine rings is 2. The van der Waals surface area contributed by atoms with Crippen LogP contribution in [0, 0.1) is 0 Å². The van der Waals surface area contributed by atoms with Crippen LogP contribution in [0.4, 0.5) is 5.69 Å². The molecular formula is C21H12Cl3N3O. The first-order valence-electron chi connectivity index (χ1n) is 8.30. The first-order chi connectivity index (χ1) is 13.5. The molecule has 138 valence electrons. The molecule has 0 aliphatic heterocycles. The van der Waals surface area contributed by atoms with E-state index in [1.165, 1.54) is 0 Å². The maximum absolute atomic E-state index is 13.0. The lowest BCUT2D eigenvalue weighted by Crippen LogP contribution is -2.13. The molecule has 0 atom stereocenters. The fraction of sp³-hybridized carbons (Fsp3) is 0. The van der Waals surface area contributed by atoms with E-state index in [-0.39, 0.29) is 11.1 Å². The molecule has 1 N–H and O–H groups in total. The van der Waals surface area contributed by atoms with Crippen molar-refractivity contribution in [1.82, 2.24) is 9.97 Å². The summed E-state index contributed by atoms with van der Waals surface area (Å²) in [6, 6.07) is 17.8. The topological polar surface area (TPSA) is 54.9 Å². The van der Waals surface area contributed by atoms with E-state index in [1.807, 2.05) is 30.3 Å². The number of carbonyl (C=O) groups excluding carboxylic acids is 1. The van der Waals surface area contributed by atoms with Crippen LogP contribution in [0.1, 0.15) is 10.4 Å². The molecule has 28 heavy (non-hydrogen) atoms. The molecule has 0 aliphatic rings. The molecule has 0 saturated carbocycles. The second-order valence-corrected chi connectivity index (χ2v) is 7.17. The van der Waals surface area contributed by atoms with Gasteiger partial charge in [0.15, 0.2) is 5.15 Å². The first-order valence-corrected chi connectivity index (χ1v) is 9.43. The maximum atomic E-state index is 13.0. The summed E-state index contributed by atoms with van der Waals surface area (Å²) < 4.78 is 0. The zero-order valence-corrected chi connectivity index (χ0v) is 16.6. The van der Waals surface area contributed by atoms with Gasteiger partial charge in [-0.15, -0.1) is 0 Å². The van der Waals surface area contributed by atoms with Crippen LogP contribution in [0.2, 0.25) is 15.2 Å². The third-order valence-electron chi connectivity index (χ3n) is 4.18. The first kappa shape index (κ1) is 18.7. The Labute approximate surface area is 176 Å². The summed E-state index contributed by atoms with van der Waals surface area (Å²) in [7, 11) is 0. The van der Waals surface area contributed by atoms with Crippen molar-refractivity contribution in [2.75, 3.05) is 5.32 Å². The molecule has 0 unspecified atom stereocenters. The Morgan fingerprint density at radius 2 is 1.71 bits per heavy atom. The summed E-state index contributed by atoms with van der Waals surface area (Å²) in [4.78, 5) is 21.7. The van der Waals surface area contributed by atoms with Crippen LogP contribution in [0.15, 0.2) is 66.9 Å². The molecule has 4 aromatic rings. The van der Waals surface area contributed by atoms with Gasteiger partial charge in [0.25, 0.3) is 5.91 Å². The lowest BCUT2D eigenvalue weighted by atomic mass is 10.0. The summed E-state index contributed by atoms with van der Waals surface area (Å²) in [5.74, 6) is -0.310. The van der Waals surface area contributed by atoms with Crippen LogP contribution in [0.3, 0.4) is 0 Å².